The Bertz CT molecular complexity index is 845. The number of quaternary nitrogens is 1. The lowest BCUT2D eigenvalue weighted by Crippen LogP contribution is -3.06. The number of methoxy groups -OCH3 is 1. The van der Waals surface area contributed by atoms with Gasteiger partial charge in [0, 0.05) is 5.56 Å². The second kappa shape index (κ2) is 8.65. The average molecular weight is 378 g/mol. The molecule has 1 aromatic carbocycles. The second-order valence-corrected chi connectivity index (χ2v) is 6.81. The van der Waals surface area contributed by atoms with Gasteiger partial charge in [0.05, 0.1) is 31.9 Å². The van der Waals surface area contributed by atoms with Gasteiger partial charge in [0.15, 0.2) is 11.6 Å². The summed E-state index contributed by atoms with van der Waals surface area (Å²) in [5.74, 6) is -0.722. The largest absolute Gasteiger partial charge is 0.494 e. The monoisotopic (exact) mass is 378 g/mol. The first-order valence-corrected chi connectivity index (χ1v) is 8.84. The minimum atomic E-state index is -0.482. The van der Waals surface area contributed by atoms with Crippen molar-refractivity contribution < 1.29 is 23.6 Å². The first-order valence-electron chi connectivity index (χ1n) is 8.03. The third kappa shape index (κ3) is 4.31. The van der Waals surface area contributed by atoms with Crippen molar-refractivity contribution in [1.82, 2.24) is 0 Å². The number of carbonyl (C=O) groups excluding carboxylic acids is 1. The SMILES string of the molecule is CCOC(=O)c1sc(N)c(C#N)c1C[NH+](C)Cc1ccc(OC)c(F)c1. The molecule has 1 aromatic heterocycles. The van der Waals surface area contributed by atoms with Gasteiger partial charge in [-0.05, 0) is 25.1 Å². The number of halogens is 1. The van der Waals surface area contributed by atoms with Crippen LogP contribution >= 0.6 is 11.3 Å². The Morgan fingerprint density at radius 1 is 1.42 bits per heavy atom. The predicted octanol–water partition coefficient (Wildman–Crippen LogP) is 1.74. The van der Waals surface area contributed by atoms with Gasteiger partial charge in [-0.25, -0.2) is 9.18 Å². The summed E-state index contributed by atoms with van der Waals surface area (Å²) in [6, 6.07) is 6.84. The van der Waals surface area contributed by atoms with Gasteiger partial charge in [0.25, 0.3) is 0 Å². The number of hydrogen-bond donors (Lipinski definition) is 2. The van der Waals surface area contributed by atoms with Crippen molar-refractivity contribution in [3.8, 4) is 11.8 Å². The number of benzene rings is 1. The summed E-state index contributed by atoms with van der Waals surface area (Å²) < 4.78 is 23.8. The number of nitrogens with one attached hydrogen (secondary N) is 1. The maximum Gasteiger partial charge on any atom is 0.348 e. The van der Waals surface area contributed by atoms with Crippen LogP contribution in [0.4, 0.5) is 9.39 Å². The molecule has 1 heterocycles. The van der Waals surface area contributed by atoms with Gasteiger partial charge in [-0.15, -0.1) is 11.3 Å². The first kappa shape index (κ1) is 19.7. The van der Waals surface area contributed by atoms with Crippen molar-refractivity contribution in [2.24, 2.45) is 0 Å². The lowest BCUT2D eigenvalue weighted by molar-refractivity contribution is -0.907. The van der Waals surface area contributed by atoms with Crippen LogP contribution in [0.15, 0.2) is 18.2 Å². The molecule has 0 amide bonds. The van der Waals surface area contributed by atoms with E-state index in [4.69, 9.17) is 15.2 Å². The summed E-state index contributed by atoms with van der Waals surface area (Å²) in [4.78, 5) is 13.5. The van der Waals surface area contributed by atoms with E-state index in [2.05, 4.69) is 6.07 Å². The molecule has 0 aliphatic rings. The van der Waals surface area contributed by atoms with Crippen LogP contribution in [0.1, 0.15) is 33.3 Å². The molecule has 2 rings (SSSR count). The Kier molecular flexibility index (Phi) is 6.55. The lowest BCUT2D eigenvalue weighted by Gasteiger charge is -2.15. The number of thiophene rings is 1. The van der Waals surface area contributed by atoms with Crippen molar-refractivity contribution in [3.05, 3.63) is 45.6 Å². The molecule has 0 radical (unpaired) electrons. The van der Waals surface area contributed by atoms with Crippen molar-refractivity contribution in [2.75, 3.05) is 26.5 Å². The van der Waals surface area contributed by atoms with Gasteiger partial charge in [-0.1, -0.05) is 0 Å². The molecule has 2 aromatic rings. The number of rotatable bonds is 7. The number of esters is 1. The van der Waals surface area contributed by atoms with E-state index >= 15 is 0 Å². The van der Waals surface area contributed by atoms with Crippen molar-refractivity contribution in [1.29, 1.82) is 5.26 Å². The van der Waals surface area contributed by atoms with Crippen molar-refractivity contribution >= 4 is 22.3 Å². The van der Waals surface area contributed by atoms with Gasteiger partial charge in [0.2, 0.25) is 0 Å². The topological polar surface area (TPSA) is 89.8 Å². The maximum absolute atomic E-state index is 13.9. The number of ether oxygens (including phenoxy) is 2. The van der Waals surface area contributed by atoms with Crippen LogP contribution < -0.4 is 15.4 Å². The molecule has 26 heavy (non-hydrogen) atoms. The van der Waals surface area contributed by atoms with E-state index in [9.17, 15) is 14.4 Å². The van der Waals surface area contributed by atoms with E-state index in [-0.39, 0.29) is 12.4 Å². The number of nitrogens with zero attached hydrogens (tertiary/aromatic N) is 1. The molecular formula is C18H21FN3O3S+. The van der Waals surface area contributed by atoms with Crippen molar-refractivity contribution in [3.63, 3.8) is 0 Å². The molecule has 0 aliphatic heterocycles. The van der Waals surface area contributed by atoms with Crippen LogP contribution in [0.5, 0.6) is 5.75 Å². The highest BCUT2D eigenvalue weighted by Crippen LogP contribution is 2.30. The van der Waals surface area contributed by atoms with E-state index in [0.717, 1.165) is 21.8 Å². The third-order valence-corrected chi connectivity index (χ3v) is 4.85. The standard InChI is InChI=1S/C18H20FN3O3S/c1-4-25-18(23)16-13(12(8-20)17(21)26-16)10-22(2)9-11-5-6-15(24-3)14(19)7-11/h5-7H,4,9-10,21H2,1-3H3/p+1. The Labute approximate surface area is 155 Å². The Morgan fingerprint density at radius 2 is 2.15 bits per heavy atom. The highest BCUT2D eigenvalue weighted by molar-refractivity contribution is 7.18. The van der Waals surface area contributed by atoms with Crippen LogP contribution in [-0.2, 0) is 17.8 Å². The summed E-state index contributed by atoms with van der Waals surface area (Å²) in [7, 11) is 3.31. The van der Waals surface area contributed by atoms with Gasteiger partial charge < -0.3 is 20.1 Å². The normalized spacial score (nSPS) is 11.7. The van der Waals surface area contributed by atoms with E-state index in [1.807, 2.05) is 7.05 Å². The van der Waals surface area contributed by atoms with Gasteiger partial charge in [0.1, 0.15) is 29.0 Å². The van der Waals surface area contributed by atoms with E-state index < -0.39 is 11.8 Å². The second-order valence-electron chi connectivity index (χ2n) is 5.76. The molecule has 8 heteroatoms. The minimum absolute atomic E-state index is 0.188. The number of hydrogen-bond acceptors (Lipinski definition) is 6. The average Bonchev–Trinajstić information content (AvgIpc) is 2.90. The molecule has 0 bridgehead atoms. The van der Waals surface area contributed by atoms with E-state index in [0.29, 0.717) is 34.1 Å². The summed E-state index contributed by atoms with van der Waals surface area (Å²) >= 11 is 1.06. The molecule has 6 nitrogen and oxygen atoms in total. The zero-order valence-corrected chi connectivity index (χ0v) is 15.7. The molecule has 0 saturated carbocycles. The Morgan fingerprint density at radius 3 is 2.73 bits per heavy atom. The molecule has 0 saturated heterocycles. The molecule has 1 unspecified atom stereocenters. The fourth-order valence-corrected chi connectivity index (χ4v) is 3.60. The Hall–Kier alpha value is -2.63. The molecule has 1 atom stereocenters. The summed E-state index contributed by atoms with van der Waals surface area (Å²) in [6.07, 6.45) is 0. The van der Waals surface area contributed by atoms with Gasteiger partial charge >= 0.3 is 5.97 Å². The van der Waals surface area contributed by atoms with E-state index in [1.54, 1.807) is 19.1 Å². The molecule has 0 aliphatic carbocycles. The molecule has 0 fully saturated rings. The number of nitriles is 1. The van der Waals surface area contributed by atoms with Gasteiger partial charge in [-0.2, -0.15) is 5.26 Å². The fourth-order valence-electron chi connectivity index (χ4n) is 2.67. The molecule has 3 N–H and O–H groups in total. The quantitative estimate of drug-likeness (QED) is 0.717. The third-order valence-electron chi connectivity index (χ3n) is 3.81. The minimum Gasteiger partial charge on any atom is -0.494 e. The number of anilines is 1. The zero-order valence-electron chi connectivity index (χ0n) is 14.9. The highest BCUT2D eigenvalue weighted by atomic mass is 32.1. The summed E-state index contributed by atoms with van der Waals surface area (Å²) in [5.41, 5.74) is 7.53. The van der Waals surface area contributed by atoms with Crippen LogP contribution in [0.25, 0.3) is 0 Å². The summed E-state index contributed by atoms with van der Waals surface area (Å²) in [5, 5.41) is 9.67. The highest BCUT2D eigenvalue weighted by Gasteiger charge is 2.25. The maximum atomic E-state index is 13.9. The van der Waals surface area contributed by atoms with Crippen LogP contribution in [0, 0.1) is 17.1 Å². The van der Waals surface area contributed by atoms with E-state index in [1.165, 1.54) is 13.2 Å². The van der Waals surface area contributed by atoms with Gasteiger partial charge in [-0.3, -0.25) is 0 Å². The van der Waals surface area contributed by atoms with Crippen LogP contribution in [-0.4, -0.2) is 26.7 Å². The van der Waals surface area contributed by atoms with Crippen molar-refractivity contribution in [2.45, 2.75) is 20.0 Å². The van der Waals surface area contributed by atoms with Crippen LogP contribution in [0.3, 0.4) is 0 Å². The lowest BCUT2D eigenvalue weighted by atomic mass is 10.1. The first-order chi connectivity index (χ1) is 12.4. The summed E-state index contributed by atoms with van der Waals surface area (Å²) in [6.45, 7) is 2.85. The number of carbonyl (C=O) groups is 1. The zero-order chi connectivity index (χ0) is 19.3. The number of nitrogens with two attached hydrogens (primary N) is 1. The predicted molar refractivity (Wildman–Crippen MR) is 96.6 cm³/mol. The molecule has 138 valence electrons. The molecular weight excluding hydrogens is 357 g/mol. The van der Waals surface area contributed by atoms with Crippen LogP contribution in [0.2, 0.25) is 0 Å². The fraction of sp³-hybridized carbons (Fsp3) is 0.333. The number of nitrogen functional groups attached to an aromatic ring is 1. The Balaban J connectivity index is 2.23. The smallest absolute Gasteiger partial charge is 0.348 e. The molecule has 0 spiro atoms.